The molecule has 2 N–H and O–H groups in total. The summed E-state index contributed by atoms with van der Waals surface area (Å²) in [5, 5.41) is 0. The van der Waals surface area contributed by atoms with E-state index in [-0.39, 0.29) is 19.8 Å². The fraction of sp³-hybridized carbons (Fsp3) is 0.333. The van der Waals surface area contributed by atoms with Gasteiger partial charge in [-0.25, -0.2) is 9.97 Å². The zero-order valence-corrected chi connectivity index (χ0v) is 12.2. The summed E-state index contributed by atoms with van der Waals surface area (Å²) in [4.78, 5) is 8.47. The van der Waals surface area contributed by atoms with Gasteiger partial charge in [0.15, 0.2) is 5.82 Å². The molecule has 0 saturated heterocycles. The maximum absolute atomic E-state index is 11.9. The molecule has 0 aliphatic heterocycles. The molecule has 0 unspecified atom stereocenters. The van der Waals surface area contributed by atoms with Crippen molar-refractivity contribution in [2.24, 2.45) is 0 Å². The molecule has 124 valence electrons. The van der Waals surface area contributed by atoms with Crippen molar-refractivity contribution in [3.63, 3.8) is 0 Å². The van der Waals surface area contributed by atoms with Crippen molar-refractivity contribution in [1.82, 2.24) is 9.97 Å². The summed E-state index contributed by atoms with van der Waals surface area (Å²) in [7, 11) is 0. The Hall–Kier alpha value is -2.19. The third kappa shape index (κ3) is 5.84. The predicted octanol–water partition coefficient (Wildman–Crippen LogP) is 2.82. The summed E-state index contributed by atoms with van der Waals surface area (Å²) >= 11 is 0. The highest BCUT2D eigenvalue weighted by Gasteiger charge is 2.27. The van der Waals surface area contributed by atoms with Gasteiger partial charge in [-0.1, -0.05) is 30.3 Å². The van der Waals surface area contributed by atoms with Crippen LogP contribution in [0.1, 0.15) is 5.69 Å². The molecule has 2 aromatic rings. The molecule has 1 aromatic heterocycles. The fourth-order valence-electron chi connectivity index (χ4n) is 1.74. The Morgan fingerprint density at radius 2 is 1.74 bits per heavy atom. The Morgan fingerprint density at radius 1 is 1.04 bits per heavy atom. The van der Waals surface area contributed by atoms with Gasteiger partial charge in [0.1, 0.15) is 6.61 Å². The average Bonchev–Trinajstić information content (AvgIpc) is 2.52. The first kappa shape index (κ1) is 17.2. The summed E-state index contributed by atoms with van der Waals surface area (Å²) in [6, 6.07) is 9.33. The number of nitrogens with zero attached hydrogens (tertiary/aromatic N) is 2. The van der Waals surface area contributed by atoms with Crippen LogP contribution in [0.5, 0.6) is 0 Å². The van der Waals surface area contributed by atoms with Gasteiger partial charge in [-0.3, -0.25) is 0 Å². The van der Waals surface area contributed by atoms with Crippen LogP contribution in [0, 0.1) is 0 Å². The van der Waals surface area contributed by atoms with Gasteiger partial charge in [0, 0.05) is 5.56 Å². The lowest BCUT2D eigenvalue weighted by Gasteiger charge is -2.09. The lowest BCUT2D eigenvalue weighted by Crippen LogP contribution is -2.19. The number of hydrogen-bond acceptors (Lipinski definition) is 5. The van der Waals surface area contributed by atoms with Crippen molar-refractivity contribution in [1.29, 1.82) is 0 Å². The monoisotopic (exact) mass is 327 g/mol. The van der Waals surface area contributed by atoms with Crippen LogP contribution in [0.3, 0.4) is 0 Å². The number of rotatable bonds is 7. The van der Waals surface area contributed by atoms with Crippen LogP contribution in [0.25, 0.3) is 11.4 Å². The highest BCUT2D eigenvalue weighted by Crippen LogP contribution is 2.18. The Labute approximate surface area is 131 Å². The van der Waals surface area contributed by atoms with Crippen LogP contribution in [0.2, 0.25) is 0 Å². The number of alkyl halides is 3. The van der Waals surface area contributed by atoms with E-state index in [4.69, 9.17) is 10.5 Å². The van der Waals surface area contributed by atoms with Gasteiger partial charge in [-0.15, -0.1) is 0 Å². The van der Waals surface area contributed by atoms with Gasteiger partial charge in [-0.05, 0) is 0 Å². The molecule has 0 bridgehead atoms. The summed E-state index contributed by atoms with van der Waals surface area (Å²) < 4.78 is 45.4. The van der Waals surface area contributed by atoms with Crippen LogP contribution in [-0.4, -0.2) is 36.0 Å². The van der Waals surface area contributed by atoms with Gasteiger partial charge in [0.25, 0.3) is 0 Å². The normalized spacial score (nSPS) is 11.6. The van der Waals surface area contributed by atoms with Gasteiger partial charge < -0.3 is 15.2 Å². The maximum Gasteiger partial charge on any atom is 0.411 e. The smallest absolute Gasteiger partial charge is 0.396 e. The second-order valence-corrected chi connectivity index (χ2v) is 4.68. The predicted molar refractivity (Wildman–Crippen MR) is 78.4 cm³/mol. The van der Waals surface area contributed by atoms with E-state index in [2.05, 4.69) is 14.7 Å². The van der Waals surface area contributed by atoms with E-state index in [9.17, 15) is 13.2 Å². The number of halogens is 3. The molecular formula is C15H16F3N3O2. The Bertz CT molecular complexity index is 621. The van der Waals surface area contributed by atoms with Crippen LogP contribution in [0.15, 0.2) is 36.5 Å². The average molecular weight is 327 g/mol. The molecule has 23 heavy (non-hydrogen) atoms. The Balaban J connectivity index is 1.86. The number of nitrogen functional groups attached to an aromatic ring is 1. The molecule has 0 fully saturated rings. The topological polar surface area (TPSA) is 70.3 Å². The minimum atomic E-state index is -4.33. The van der Waals surface area contributed by atoms with Crippen LogP contribution < -0.4 is 5.73 Å². The molecule has 0 aliphatic rings. The highest BCUT2D eigenvalue weighted by molar-refractivity contribution is 5.56. The molecule has 8 heteroatoms. The molecule has 0 spiro atoms. The molecule has 0 atom stereocenters. The van der Waals surface area contributed by atoms with E-state index < -0.39 is 12.8 Å². The van der Waals surface area contributed by atoms with E-state index in [1.54, 1.807) is 0 Å². The Morgan fingerprint density at radius 3 is 2.43 bits per heavy atom. The van der Waals surface area contributed by atoms with E-state index in [1.807, 2.05) is 30.3 Å². The largest absolute Gasteiger partial charge is 0.411 e. The lowest BCUT2D eigenvalue weighted by molar-refractivity contribution is -0.176. The van der Waals surface area contributed by atoms with Crippen molar-refractivity contribution >= 4 is 5.69 Å². The molecule has 1 aromatic carbocycles. The zero-order chi connectivity index (χ0) is 16.7. The number of aromatic nitrogens is 2. The van der Waals surface area contributed by atoms with Gasteiger partial charge in [0.05, 0.1) is 37.4 Å². The minimum Gasteiger partial charge on any atom is -0.396 e. The third-order valence-corrected chi connectivity index (χ3v) is 2.81. The summed E-state index contributed by atoms with van der Waals surface area (Å²) in [6.07, 6.45) is -2.85. The van der Waals surface area contributed by atoms with E-state index in [0.29, 0.717) is 17.2 Å². The first-order valence-corrected chi connectivity index (χ1v) is 6.85. The third-order valence-electron chi connectivity index (χ3n) is 2.81. The van der Waals surface area contributed by atoms with Gasteiger partial charge >= 0.3 is 6.18 Å². The second kappa shape index (κ2) is 7.89. The molecule has 0 amide bonds. The number of anilines is 1. The first-order chi connectivity index (χ1) is 11.0. The maximum atomic E-state index is 11.9. The number of nitrogens with two attached hydrogens (primary N) is 1. The van der Waals surface area contributed by atoms with Crippen molar-refractivity contribution in [2.75, 3.05) is 25.6 Å². The van der Waals surface area contributed by atoms with E-state index >= 15 is 0 Å². The van der Waals surface area contributed by atoms with E-state index in [0.717, 1.165) is 5.56 Å². The standard InChI is InChI=1S/C15H16F3N3O2/c16-15(17,18)10-23-7-6-22-9-13-12(19)8-20-14(21-13)11-4-2-1-3-5-11/h1-5,8H,6-7,9-10,19H2. The summed E-state index contributed by atoms with van der Waals surface area (Å²) in [5.41, 5.74) is 7.46. The van der Waals surface area contributed by atoms with Crippen molar-refractivity contribution < 1.29 is 22.6 Å². The number of benzene rings is 1. The zero-order valence-electron chi connectivity index (χ0n) is 12.2. The van der Waals surface area contributed by atoms with Crippen LogP contribution in [-0.2, 0) is 16.1 Å². The summed E-state index contributed by atoms with van der Waals surface area (Å²) in [5.74, 6) is 0.506. The first-order valence-electron chi connectivity index (χ1n) is 6.85. The Kier molecular flexibility index (Phi) is 5.89. The molecule has 1 heterocycles. The van der Waals surface area contributed by atoms with Crippen LogP contribution >= 0.6 is 0 Å². The molecular weight excluding hydrogens is 311 g/mol. The number of hydrogen-bond donors (Lipinski definition) is 1. The van der Waals surface area contributed by atoms with Gasteiger partial charge in [0.2, 0.25) is 0 Å². The van der Waals surface area contributed by atoms with E-state index in [1.165, 1.54) is 6.20 Å². The molecule has 0 aliphatic carbocycles. The van der Waals surface area contributed by atoms with Crippen LogP contribution in [0.4, 0.5) is 18.9 Å². The minimum absolute atomic E-state index is 0.0141. The fourth-order valence-corrected chi connectivity index (χ4v) is 1.74. The van der Waals surface area contributed by atoms with Crippen molar-refractivity contribution in [3.8, 4) is 11.4 Å². The molecule has 0 radical (unpaired) electrons. The van der Waals surface area contributed by atoms with Crippen molar-refractivity contribution in [3.05, 3.63) is 42.2 Å². The SMILES string of the molecule is Nc1cnc(-c2ccccc2)nc1COCCOCC(F)(F)F. The highest BCUT2D eigenvalue weighted by atomic mass is 19.4. The quantitative estimate of drug-likeness (QED) is 0.792. The van der Waals surface area contributed by atoms with Gasteiger partial charge in [-0.2, -0.15) is 13.2 Å². The number of ether oxygens (including phenoxy) is 2. The molecule has 0 saturated carbocycles. The summed E-state index contributed by atoms with van der Waals surface area (Å²) in [6.45, 7) is -1.36. The van der Waals surface area contributed by atoms with Crippen molar-refractivity contribution in [2.45, 2.75) is 12.8 Å². The lowest BCUT2D eigenvalue weighted by atomic mass is 10.2. The molecule has 2 rings (SSSR count). The molecule has 5 nitrogen and oxygen atoms in total. The second-order valence-electron chi connectivity index (χ2n) is 4.68.